The molecule has 0 unspecified atom stereocenters. The molecule has 4 rings (SSSR count). The number of hydrogen-bond acceptors (Lipinski definition) is 4. The molecular weight excluding hydrogens is 250 g/mol. The Morgan fingerprint density at radius 3 is 2.85 bits per heavy atom. The Kier molecular flexibility index (Phi) is 3.11. The molecule has 1 aliphatic carbocycles. The minimum Gasteiger partial charge on any atom is -0.464 e. The van der Waals surface area contributed by atoms with Crippen LogP contribution in [0.5, 0.6) is 0 Å². The summed E-state index contributed by atoms with van der Waals surface area (Å²) in [5.41, 5.74) is 0.934. The van der Waals surface area contributed by atoms with Gasteiger partial charge in [-0.2, -0.15) is 0 Å². The maximum Gasteiger partial charge on any atom is 0.139 e. The Balaban J connectivity index is 1.41. The third-order valence-corrected chi connectivity index (χ3v) is 4.55. The first-order valence-corrected chi connectivity index (χ1v) is 7.71. The summed E-state index contributed by atoms with van der Waals surface area (Å²) in [4.78, 5) is 6.95. The molecule has 0 aromatic carbocycles. The molecule has 2 fully saturated rings. The van der Waals surface area contributed by atoms with Gasteiger partial charge in [-0.05, 0) is 50.3 Å². The molecule has 0 radical (unpaired) electrons. The summed E-state index contributed by atoms with van der Waals surface area (Å²) in [6.07, 6.45) is 8.88. The summed E-state index contributed by atoms with van der Waals surface area (Å²) in [5.74, 6) is 2.05. The van der Waals surface area contributed by atoms with Crippen LogP contribution in [0.25, 0.3) is 11.0 Å². The van der Waals surface area contributed by atoms with Gasteiger partial charge in [-0.15, -0.1) is 0 Å². The van der Waals surface area contributed by atoms with Gasteiger partial charge >= 0.3 is 0 Å². The molecule has 0 bridgehead atoms. The standard InChI is InChI=1S/C16H21N3O/c1-2-12(1)11-18-13-4-8-19(9-5-13)16-14-6-10-20-15(14)3-7-17-16/h3,6-7,10,12-13,18H,1-2,4-5,8-9,11H2. The van der Waals surface area contributed by atoms with Crippen molar-refractivity contribution < 1.29 is 4.42 Å². The molecule has 0 atom stereocenters. The molecule has 1 aliphatic heterocycles. The topological polar surface area (TPSA) is 41.3 Å². The average Bonchev–Trinajstić information content (AvgIpc) is 3.20. The van der Waals surface area contributed by atoms with Gasteiger partial charge in [0.2, 0.25) is 0 Å². The monoisotopic (exact) mass is 271 g/mol. The van der Waals surface area contributed by atoms with Gasteiger partial charge < -0.3 is 14.6 Å². The van der Waals surface area contributed by atoms with E-state index in [0.717, 1.165) is 35.8 Å². The zero-order valence-corrected chi connectivity index (χ0v) is 11.7. The first-order chi connectivity index (χ1) is 9.90. The maximum atomic E-state index is 5.46. The lowest BCUT2D eigenvalue weighted by Gasteiger charge is -2.33. The minimum absolute atomic E-state index is 0.690. The molecule has 1 N–H and O–H groups in total. The molecule has 1 saturated heterocycles. The van der Waals surface area contributed by atoms with Crippen LogP contribution in [-0.2, 0) is 0 Å². The fourth-order valence-electron chi connectivity index (χ4n) is 3.08. The van der Waals surface area contributed by atoms with E-state index in [2.05, 4.69) is 15.2 Å². The summed E-state index contributed by atoms with van der Waals surface area (Å²) in [7, 11) is 0. The number of fused-ring (bicyclic) bond motifs is 1. The zero-order chi connectivity index (χ0) is 13.4. The number of furan rings is 1. The van der Waals surface area contributed by atoms with Gasteiger partial charge in [0, 0.05) is 25.3 Å². The largest absolute Gasteiger partial charge is 0.464 e. The average molecular weight is 271 g/mol. The van der Waals surface area contributed by atoms with E-state index in [4.69, 9.17) is 4.42 Å². The second-order valence-corrected chi connectivity index (χ2v) is 6.08. The summed E-state index contributed by atoms with van der Waals surface area (Å²) < 4.78 is 5.46. The lowest BCUT2D eigenvalue weighted by molar-refractivity contribution is 0.408. The number of hydrogen-bond donors (Lipinski definition) is 1. The number of aromatic nitrogens is 1. The van der Waals surface area contributed by atoms with E-state index in [1.54, 1.807) is 6.26 Å². The number of rotatable bonds is 4. The smallest absolute Gasteiger partial charge is 0.139 e. The minimum atomic E-state index is 0.690. The molecule has 0 spiro atoms. The third-order valence-electron chi connectivity index (χ3n) is 4.55. The highest BCUT2D eigenvalue weighted by Crippen LogP contribution is 2.29. The van der Waals surface area contributed by atoms with Crippen molar-refractivity contribution in [3.05, 3.63) is 24.6 Å². The highest BCUT2D eigenvalue weighted by Gasteiger charge is 2.25. The summed E-state index contributed by atoms with van der Waals surface area (Å²) in [6, 6.07) is 4.65. The molecule has 106 valence electrons. The highest BCUT2D eigenvalue weighted by atomic mass is 16.3. The molecule has 4 heteroatoms. The maximum absolute atomic E-state index is 5.46. The van der Waals surface area contributed by atoms with Crippen molar-refractivity contribution in [2.45, 2.75) is 31.7 Å². The molecule has 2 aliphatic rings. The highest BCUT2D eigenvalue weighted by molar-refractivity contribution is 5.88. The van der Waals surface area contributed by atoms with Crippen LogP contribution in [-0.4, -0.2) is 30.7 Å². The Morgan fingerprint density at radius 1 is 1.20 bits per heavy atom. The van der Waals surface area contributed by atoms with E-state index < -0.39 is 0 Å². The normalized spacial score (nSPS) is 20.7. The van der Waals surface area contributed by atoms with Gasteiger partial charge in [-0.3, -0.25) is 0 Å². The molecule has 2 aromatic heterocycles. The van der Waals surface area contributed by atoms with Crippen LogP contribution in [0, 0.1) is 5.92 Å². The molecule has 2 aromatic rings. The van der Waals surface area contributed by atoms with Crippen LogP contribution in [0.4, 0.5) is 5.82 Å². The number of nitrogens with one attached hydrogen (secondary N) is 1. The van der Waals surface area contributed by atoms with Crippen LogP contribution in [0.2, 0.25) is 0 Å². The fraction of sp³-hybridized carbons (Fsp3) is 0.562. The Labute approximate surface area is 119 Å². The van der Waals surface area contributed by atoms with Crippen molar-refractivity contribution in [3.8, 4) is 0 Å². The van der Waals surface area contributed by atoms with Gasteiger partial charge in [-0.1, -0.05) is 0 Å². The van der Waals surface area contributed by atoms with E-state index in [0.29, 0.717) is 6.04 Å². The van der Waals surface area contributed by atoms with Crippen LogP contribution in [0.15, 0.2) is 29.0 Å². The van der Waals surface area contributed by atoms with E-state index >= 15 is 0 Å². The second-order valence-electron chi connectivity index (χ2n) is 6.08. The van der Waals surface area contributed by atoms with E-state index in [1.807, 2.05) is 18.3 Å². The number of pyridine rings is 1. The summed E-state index contributed by atoms with van der Waals surface area (Å²) >= 11 is 0. The molecule has 1 saturated carbocycles. The Hall–Kier alpha value is -1.55. The first kappa shape index (κ1) is 12.2. The number of anilines is 1. The van der Waals surface area contributed by atoms with Crippen LogP contribution >= 0.6 is 0 Å². The van der Waals surface area contributed by atoms with Gasteiger partial charge in [0.05, 0.1) is 11.6 Å². The quantitative estimate of drug-likeness (QED) is 0.928. The van der Waals surface area contributed by atoms with Crippen molar-refractivity contribution in [3.63, 3.8) is 0 Å². The molecular formula is C16H21N3O. The van der Waals surface area contributed by atoms with Gasteiger partial charge in [-0.25, -0.2) is 4.98 Å². The van der Waals surface area contributed by atoms with Gasteiger partial charge in [0.15, 0.2) is 0 Å². The Morgan fingerprint density at radius 2 is 2.05 bits per heavy atom. The van der Waals surface area contributed by atoms with Crippen LogP contribution in [0.1, 0.15) is 25.7 Å². The lowest BCUT2D eigenvalue weighted by Crippen LogP contribution is -2.43. The van der Waals surface area contributed by atoms with Gasteiger partial charge in [0.25, 0.3) is 0 Å². The molecule has 20 heavy (non-hydrogen) atoms. The zero-order valence-electron chi connectivity index (χ0n) is 11.7. The van der Waals surface area contributed by atoms with Crippen molar-refractivity contribution in [1.82, 2.24) is 10.3 Å². The Bertz CT molecular complexity index is 582. The third kappa shape index (κ3) is 2.40. The van der Waals surface area contributed by atoms with Crippen LogP contribution in [0.3, 0.4) is 0 Å². The fourth-order valence-corrected chi connectivity index (χ4v) is 3.08. The van der Waals surface area contributed by atoms with Crippen molar-refractivity contribution in [2.75, 3.05) is 24.5 Å². The number of piperidine rings is 1. The van der Waals surface area contributed by atoms with Gasteiger partial charge in [0.1, 0.15) is 11.4 Å². The summed E-state index contributed by atoms with van der Waals surface area (Å²) in [5, 5.41) is 4.86. The SMILES string of the molecule is c1cc2occc2c(N2CCC(NCC3CC3)CC2)n1. The van der Waals surface area contributed by atoms with Crippen molar-refractivity contribution in [2.24, 2.45) is 5.92 Å². The molecule has 3 heterocycles. The molecule has 0 amide bonds. The van der Waals surface area contributed by atoms with E-state index in [1.165, 1.54) is 32.2 Å². The van der Waals surface area contributed by atoms with Crippen molar-refractivity contribution in [1.29, 1.82) is 0 Å². The predicted octanol–water partition coefficient (Wildman–Crippen LogP) is 2.80. The summed E-state index contributed by atoms with van der Waals surface area (Å²) in [6.45, 7) is 3.39. The van der Waals surface area contributed by atoms with Crippen molar-refractivity contribution >= 4 is 16.8 Å². The van der Waals surface area contributed by atoms with E-state index in [-0.39, 0.29) is 0 Å². The van der Waals surface area contributed by atoms with E-state index in [9.17, 15) is 0 Å². The van der Waals surface area contributed by atoms with Crippen LogP contribution < -0.4 is 10.2 Å². The predicted molar refractivity (Wildman–Crippen MR) is 80.0 cm³/mol. The first-order valence-electron chi connectivity index (χ1n) is 7.71. The lowest BCUT2D eigenvalue weighted by atomic mass is 10.0. The second kappa shape index (κ2) is 5.09. The molecule has 4 nitrogen and oxygen atoms in total. The number of nitrogens with zero attached hydrogens (tertiary/aromatic N) is 2.